The standard InChI is InChI=1S/C21F21N/c22-4-1(5(23)11(29)16(34)10(4)28)19(37,38)43(20(39,40)2-6(24)12(30)17(35)13(31)7(2)25)21(41,42)3-8(26)14(32)18(36)15(33)9(3)27. The Kier molecular flexibility index (Phi) is 8.14. The van der Waals surface area contributed by atoms with E-state index in [-0.39, 0.29) is 0 Å². The van der Waals surface area contributed by atoms with E-state index in [4.69, 9.17) is 0 Å². The lowest BCUT2D eigenvalue weighted by molar-refractivity contribution is -0.391. The van der Waals surface area contributed by atoms with Crippen molar-refractivity contribution in [2.45, 2.75) is 18.1 Å². The maximum absolute atomic E-state index is 15.3. The smallest absolute Gasteiger partial charge is 0.203 e. The van der Waals surface area contributed by atoms with Crippen LogP contribution in [0.2, 0.25) is 0 Å². The summed E-state index contributed by atoms with van der Waals surface area (Å²) in [6, 6.07) is -22.6. The van der Waals surface area contributed by atoms with E-state index >= 15 is 26.3 Å². The van der Waals surface area contributed by atoms with E-state index in [1.54, 1.807) is 0 Å². The highest BCUT2D eigenvalue weighted by Gasteiger charge is 2.70. The molecule has 0 heterocycles. The molecule has 0 saturated carbocycles. The molecule has 0 atom stereocenters. The number of halogens is 21. The molecule has 3 rings (SSSR count). The molecule has 0 bridgehead atoms. The van der Waals surface area contributed by atoms with Gasteiger partial charge < -0.3 is 0 Å². The summed E-state index contributed by atoms with van der Waals surface area (Å²) < 4.78 is 298. The summed E-state index contributed by atoms with van der Waals surface area (Å²) in [6.45, 7) is 0. The number of alkyl halides is 6. The van der Waals surface area contributed by atoms with Crippen molar-refractivity contribution >= 4 is 0 Å². The van der Waals surface area contributed by atoms with Crippen molar-refractivity contribution in [2.75, 3.05) is 0 Å². The van der Waals surface area contributed by atoms with Crippen molar-refractivity contribution in [3.05, 3.63) is 104 Å². The first kappa shape index (κ1) is 33.6. The van der Waals surface area contributed by atoms with E-state index in [0.29, 0.717) is 0 Å². The van der Waals surface area contributed by atoms with Gasteiger partial charge in [-0.3, -0.25) is 0 Å². The van der Waals surface area contributed by atoms with Crippen molar-refractivity contribution < 1.29 is 92.2 Å². The van der Waals surface area contributed by atoms with Crippen molar-refractivity contribution in [3.63, 3.8) is 0 Å². The molecule has 0 spiro atoms. The van der Waals surface area contributed by atoms with Crippen LogP contribution in [0.1, 0.15) is 16.7 Å². The number of nitrogens with zero attached hydrogens (tertiary/aromatic N) is 1. The summed E-state index contributed by atoms with van der Waals surface area (Å²) in [5, 5.41) is 0. The van der Waals surface area contributed by atoms with Gasteiger partial charge >= 0.3 is 18.1 Å². The van der Waals surface area contributed by atoms with Crippen LogP contribution >= 0.6 is 0 Å². The van der Waals surface area contributed by atoms with E-state index < -0.39 is 127 Å². The number of benzene rings is 3. The van der Waals surface area contributed by atoms with Crippen LogP contribution in [0.4, 0.5) is 92.2 Å². The van der Waals surface area contributed by atoms with Crippen molar-refractivity contribution in [1.29, 1.82) is 0 Å². The largest absolute Gasteiger partial charge is 0.347 e. The minimum Gasteiger partial charge on any atom is -0.203 e. The third-order valence-electron chi connectivity index (χ3n) is 5.37. The summed E-state index contributed by atoms with van der Waals surface area (Å²) >= 11 is 0. The van der Waals surface area contributed by atoms with Gasteiger partial charge in [0.2, 0.25) is 17.5 Å². The van der Waals surface area contributed by atoms with Crippen LogP contribution in [0, 0.1) is 87.3 Å². The number of hydrogen-bond donors (Lipinski definition) is 0. The van der Waals surface area contributed by atoms with Gasteiger partial charge in [-0.2, -0.15) is 26.3 Å². The van der Waals surface area contributed by atoms with Crippen LogP contribution in [0.25, 0.3) is 0 Å². The van der Waals surface area contributed by atoms with Crippen LogP contribution in [0.5, 0.6) is 0 Å². The van der Waals surface area contributed by atoms with Crippen LogP contribution < -0.4 is 0 Å². The summed E-state index contributed by atoms with van der Waals surface area (Å²) in [7, 11) is 0. The molecule has 3 aromatic rings. The van der Waals surface area contributed by atoms with Gasteiger partial charge in [0.15, 0.2) is 69.8 Å². The second kappa shape index (κ2) is 10.4. The molecular weight excluding hydrogens is 665 g/mol. The monoisotopic (exact) mass is 665 g/mol. The minimum atomic E-state index is -7.53. The van der Waals surface area contributed by atoms with Gasteiger partial charge in [-0.05, 0) is 0 Å². The van der Waals surface area contributed by atoms with Gasteiger partial charge in [0.25, 0.3) is 0 Å². The predicted molar refractivity (Wildman–Crippen MR) is 92.2 cm³/mol. The van der Waals surface area contributed by atoms with Crippen molar-refractivity contribution in [1.82, 2.24) is 4.90 Å². The molecule has 0 radical (unpaired) electrons. The van der Waals surface area contributed by atoms with E-state index in [0.717, 1.165) is 0 Å². The highest BCUT2D eigenvalue weighted by molar-refractivity contribution is 5.34. The molecule has 1 nitrogen and oxygen atoms in total. The Balaban J connectivity index is 2.64. The Hall–Kier alpha value is -3.85. The zero-order valence-electron chi connectivity index (χ0n) is 18.9. The van der Waals surface area contributed by atoms with E-state index in [2.05, 4.69) is 0 Å². The Morgan fingerprint density at radius 2 is 0.349 bits per heavy atom. The van der Waals surface area contributed by atoms with Crippen molar-refractivity contribution in [3.8, 4) is 0 Å². The molecule has 0 fully saturated rings. The maximum Gasteiger partial charge on any atom is 0.347 e. The van der Waals surface area contributed by atoms with Gasteiger partial charge in [0.05, 0.1) is 0 Å². The molecule has 236 valence electrons. The van der Waals surface area contributed by atoms with E-state index in [1.165, 1.54) is 0 Å². The normalized spacial score (nSPS) is 13.0. The zero-order chi connectivity index (χ0) is 33.5. The Labute approximate surface area is 220 Å². The van der Waals surface area contributed by atoms with Crippen LogP contribution in [0.3, 0.4) is 0 Å². The second-order valence-electron chi connectivity index (χ2n) is 7.79. The first-order chi connectivity index (χ1) is 19.4. The number of hydrogen-bond acceptors (Lipinski definition) is 1. The molecule has 0 saturated heterocycles. The molecule has 3 aromatic carbocycles. The van der Waals surface area contributed by atoms with E-state index in [1.807, 2.05) is 0 Å². The fraction of sp³-hybridized carbons (Fsp3) is 0.143. The summed E-state index contributed by atoms with van der Waals surface area (Å²) in [6.07, 6.45) is 0. The van der Waals surface area contributed by atoms with Gasteiger partial charge in [-0.15, -0.1) is 4.90 Å². The predicted octanol–water partition coefficient (Wildman–Crippen LogP) is 8.62. The average molecular weight is 665 g/mol. The number of rotatable bonds is 6. The molecule has 0 N–H and O–H groups in total. The third kappa shape index (κ3) is 4.60. The second-order valence-corrected chi connectivity index (χ2v) is 7.79. The lowest BCUT2D eigenvalue weighted by atomic mass is 10.0. The lowest BCUT2D eigenvalue weighted by Gasteiger charge is -2.42. The Morgan fingerprint density at radius 1 is 0.233 bits per heavy atom. The average Bonchev–Trinajstić information content (AvgIpc) is 2.89. The summed E-state index contributed by atoms with van der Waals surface area (Å²) in [5.41, 5.74) is -12.5. The molecule has 0 aliphatic carbocycles. The first-order valence-electron chi connectivity index (χ1n) is 9.89. The Morgan fingerprint density at radius 3 is 0.488 bits per heavy atom. The molecule has 0 amide bonds. The SMILES string of the molecule is Fc1c(F)c(F)c(C(F)(F)N(C(F)(F)c2c(F)c(F)c(F)c(F)c2F)C(F)(F)c2c(F)c(F)c(F)c(F)c2F)c(F)c1F. The minimum absolute atomic E-state index is 3.39. The maximum atomic E-state index is 15.3. The van der Waals surface area contributed by atoms with Gasteiger partial charge in [-0.1, -0.05) is 0 Å². The van der Waals surface area contributed by atoms with Crippen LogP contribution in [-0.2, 0) is 18.1 Å². The van der Waals surface area contributed by atoms with Gasteiger partial charge in [0.1, 0.15) is 16.7 Å². The topological polar surface area (TPSA) is 3.24 Å². The van der Waals surface area contributed by atoms with Crippen molar-refractivity contribution in [2.24, 2.45) is 0 Å². The summed E-state index contributed by atoms with van der Waals surface area (Å²) in [4.78, 5) is -3.90. The highest BCUT2D eigenvalue weighted by Crippen LogP contribution is 2.56. The molecular formula is C21F21N. The Bertz CT molecular complexity index is 1380. The third-order valence-corrected chi connectivity index (χ3v) is 5.37. The fourth-order valence-electron chi connectivity index (χ4n) is 3.47. The molecule has 43 heavy (non-hydrogen) atoms. The lowest BCUT2D eigenvalue weighted by Crippen LogP contribution is -2.58. The van der Waals surface area contributed by atoms with Gasteiger partial charge in [0, 0.05) is 0 Å². The first-order valence-corrected chi connectivity index (χ1v) is 9.89. The van der Waals surface area contributed by atoms with E-state index in [9.17, 15) is 65.9 Å². The molecule has 0 unspecified atom stereocenters. The molecule has 0 aliphatic rings. The molecule has 0 aliphatic heterocycles. The quantitative estimate of drug-likeness (QED) is 0.110. The van der Waals surface area contributed by atoms with Crippen LogP contribution in [0.15, 0.2) is 0 Å². The summed E-state index contributed by atoms with van der Waals surface area (Å²) in [5.74, 6) is -55.6. The van der Waals surface area contributed by atoms with Crippen LogP contribution in [-0.4, -0.2) is 4.90 Å². The molecule has 22 heteroatoms. The fourth-order valence-corrected chi connectivity index (χ4v) is 3.47. The highest BCUT2D eigenvalue weighted by atomic mass is 19.3. The zero-order valence-corrected chi connectivity index (χ0v) is 18.9. The molecule has 0 aromatic heterocycles. The van der Waals surface area contributed by atoms with Gasteiger partial charge in [-0.25, -0.2) is 65.9 Å².